The van der Waals surface area contributed by atoms with Crippen LogP contribution < -0.4 is 5.32 Å². The van der Waals surface area contributed by atoms with Gasteiger partial charge < -0.3 is 14.8 Å². The van der Waals surface area contributed by atoms with Crippen molar-refractivity contribution in [3.63, 3.8) is 0 Å². The molecule has 0 saturated carbocycles. The molecule has 1 aliphatic rings. The number of aryl methyl sites for hydroxylation is 1. The third kappa shape index (κ3) is 5.18. The first-order chi connectivity index (χ1) is 18.7. The van der Waals surface area contributed by atoms with Gasteiger partial charge in [0, 0.05) is 43.5 Å². The number of anilines is 2. The number of pyridine rings is 1. The number of imidazole rings is 1. The number of aromatic nitrogens is 5. The van der Waals surface area contributed by atoms with Gasteiger partial charge in [-0.2, -0.15) is 0 Å². The maximum atomic E-state index is 15.0. The van der Waals surface area contributed by atoms with Gasteiger partial charge in [-0.15, -0.1) is 0 Å². The van der Waals surface area contributed by atoms with Gasteiger partial charge in [0.05, 0.1) is 17.3 Å². The minimum absolute atomic E-state index is 0.0439. The second-order valence-electron chi connectivity index (χ2n) is 10.1. The summed E-state index contributed by atoms with van der Waals surface area (Å²) in [4.78, 5) is 34.2. The Kier molecular flexibility index (Phi) is 7.26. The monoisotopic (exact) mass is 534 g/mol. The van der Waals surface area contributed by atoms with Crippen LogP contribution in [0.2, 0.25) is 0 Å². The zero-order valence-electron chi connectivity index (χ0n) is 22.7. The number of hydrogen-bond acceptors (Lipinski definition) is 7. The maximum absolute atomic E-state index is 15.0. The molecule has 1 aliphatic heterocycles. The minimum Gasteiger partial charge on any atom is -0.336 e. The Bertz CT molecular complexity index is 1520. The molecule has 1 amide bonds. The van der Waals surface area contributed by atoms with E-state index in [1.54, 1.807) is 18.2 Å². The summed E-state index contributed by atoms with van der Waals surface area (Å²) in [6.45, 7) is 13.2. The Balaban J connectivity index is 1.37. The van der Waals surface area contributed by atoms with Gasteiger partial charge in [-0.3, -0.25) is 9.69 Å². The van der Waals surface area contributed by atoms with E-state index in [2.05, 4.69) is 44.0 Å². The molecule has 1 saturated heterocycles. The summed E-state index contributed by atoms with van der Waals surface area (Å²) in [5, 5.41) is 2.95. The number of carbonyl (C=O) groups is 1. The molecule has 4 aromatic rings. The number of carbonyl (C=O) groups excluding carboxylic acids is 1. The van der Waals surface area contributed by atoms with Crippen molar-refractivity contribution in [2.24, 2.45) is 0 Å². The molecule has 39 heavy (non-hydrogen) atoms. The normalized spacial score (nSPS) is 16.3. The van der Waals surface area contributed by atoms with Crippen LogP contribution >= 0.6 is 0 Å². The zero-order chi connectivity index (χ0) is 27.8. The van der Waals surface area contributed by atoms with E-state index in [-0.39, 0.29) is 34.7 Å². The van der Waals surface area contributed by atoms with Gasteiger partial charge in [-0.25, -0.2) is 28.7 Å². The fourth-order valence-corrected chi connectivity index (χ4v) is 5.23. The lowest BCUT2D eigenvalue weighted by molar-refractivity contribution is 0.0528. The van der Waals surface area contributed by atoms with Crippen LogP contribution in [-0.2, 0) is 0 Å². The second-order valence-corrected chi connectivity index (χ2v) is 10.1. The van der Waals surface area contributed by atoms with Crippen LogP contribution in [0.15, 0.2) is 36.7 Å². The molecule has 0 spiro atoms. The Morgan fingerprint density at radius 2 is 1.90 bits per heavy atom. The standard InChI is InChI=1S/C28H32F2N8O/c1-6-36-9-10-37(15-17(36)4)27(39)19-7-8-24(31-13-19)34-28-32-14-22(30)25(35-28)20-11-21(29)26-23(12-20)38(16(2)3)18(5)33-26/h7-8,11-14,16-17H,6,9-10,15H2,1-5H3,(H,31,32,34,35). The molecule has 0 aliphatic carbocycles. The van der Waals surface area contributed by atoms with Crippen molar-refractivity contribution in [3.8, 4) is 11.3 Å². The van der Waals surface area contributed by atoms with Crippen molar-refractivity contribution in [2.45, 2.75) is 46.7 Å². The van der Waals surface area contributed by atoms with Crippen molar-refractivity contribution in [2.75, 3.05) is 31.5 Å². The average molecular weight is 535 g/mol. The SMILES string of the molecule is CCN1CCN(C(=O)c2ccc(Nc3ncc(F)c(-c4cc(F)c5nc(C)n(C(C)C)c5c4)n3)nc2)CC1C. The van der Waals surface area contributed by atoms with E-state index in [1.165, 1.54) is 12.3 Å². The van der Waals surface area contributed by atoms with Gasteiger partial charge in [0.2, 0.25) is 5.95 Å². The number of rotatable bonds is 6. The first kappa shape index (κ1) is 26.6. The van der Waals surface area contributed by atoms with Gasteiger partial charge in [0.1, 0.15) is 22.9 Å². The molecular weight excluding hydrogens is 502 g/mol. The third-order valence-electron chi connectivity index (χ3n) is 7.17. The summed E-state index contributed by atoms with van der Waals surface area (Å²) in [5.74, 6) is -0.139. The number of nitrogens with zero attached hydrogens (tertiary/aromatic N) is 7. The van der Waals surface area contributed by atoms with Crippen molar-refractivity contribution < 1.29 is 13.6 Å². The van der Waals surface area contributed by atoms with E-state index in [0.29, 0.717) is 41.9 Å². The van der Waals surface area contributed by atoms with Crippen LogP contribution in [0.4, 0.5) is 20.5 Å². The predicted molar refractivity (Wildman–Crippen MR) is 146 cm³/mol. The lowest BCUT2D eigenvalue weighted by Gasteiger charge is -2.39. The average Bonchev–Trinajstić information content (AvgIpc) is 3.26. The van der Waals surface area contributed by atoms with Crippen LogP contribution in [0.3, 0.4) is 0 Å². The summed E-state index contributed by atoms with van der Waals surface area (Å²) in [6.07, 6.45) is 2.54. The molecule has 0 bridgehead atoms. The highest BCUT2D eigenvalue weighted by molar-refractivity contribution is 5.94. The molecule has 1 fully saturated rings. The van der Waals surface area contributed by atoms with E-state index < -0.39 is 11.6 Å². The Morgan fingerprint density at radius 3 is 2.56 bits per heavy atom. The first-order valence-corrected chi connectivity index (χ1v) is 13.1. The highest BCUT2D eigenvalue weighted by Crippen LogP contribution is 2.30. The number of benzene rings is 1. The molecule has 0 radical (unpaired) electrons. The maximum Gasteiger partial charge on any atom is 0.255 e. The fraction of sp³-hybridized carbons (Fsp3) is 0.393. The fourth-order valence-electron chi connectivity index (χ4n) is 5.23. The Hall–Kier alpha value is -3.99. The Morgan fingerprint density at radius 1 is 1.10 bits per heavy atom. The molecule has 1 N–H and O–H groups in total. The van der Waals surface area contributed by atoms with Crippen LogP contribution in [0.5, 0.6) is 0 Å². The summed E-state index contributed by atoms with van der Waals surface area (Å²) >= 11 is 0. The van der Waals surface area contributed by atoms with Gasteiger partial charge in [0.15, 0.2) is 11.6 Å². The topological polar surface area (TPSA) is 92.1 Å². The van der Waals surface area contributed by atoms with E-state index in [0.717, 1.165) is 19.3 Å². The number of amides is 1. The zero-order valence-corrected chi connectivity index (χ0v) is 22.7. The highest BCUT2D eigenvalue weighted by Gasteiger charge is 2.26. The molecule has 11 heteroatoms. The van der Waals surface area contributed by atoms with E-state index in [1.807, 2.05) is 30.2 Å². The number of fused-ring (bicyclic) bond motifs is 1. The third-order valence-corrected chi connectivity index (χ3v) is 7.17. The highest BCUT2D eigenvalue weighted by atomic mass is 19.1. The Labute approximate surface area is 225 Å². The van der Waals surface area contributed by atoms with Gasteiger partial charge in [-0.05, 0) is 58.5 Å². The lowest BCUT2D eigenvalue weighted by atomic mass is 10.1. The van der Waals surface area contributed by atoms with Crippen molar-refractivity contribution >= 4 is 28.7 Å². The molecule has 3 aromatic heterocycles. The number of nitrogens with one attached hydrogen (secondary N) is 1. The molecule has 5 rings (SSSR count). The summed E-state index contributed by atoms with van der Waals surface area (Å²) < 4.78 is 31.7. The first-order valence-electron chi connectivity index (χ1n) is 13.1. The molecule has 9 nitrogen and oxygen atoms in total. The molecule has 1 unspecified atom stereocenters. The van der Waals surface area contributed by atoms with Crippen LogP contribution in [-0.4, -0.2) is 72.4 Å². The van der Waals surface area contributed by atoms with Crippen LogP contribution in [0.25, 0.3) is 22.3 Å². The van der Waals surface area contributed by atoms with E-state index in [4.69, 9.17) is 0 Å². The quantitative estimate of drug-likeness (QED) is 0.374. The van der Waals surface area contributed by atoms with Gasteiger partial charge in [0.25, 0.3) is 5.91 Å². The molecule has 1 atom stereocenters. The van der Waals surface area contributed by atoms with Crippen LogP contribution in [0.1, 0.15) is 49.9 Å². The van der Waals surface area contributed by atoms with E-state index >= 15 is 0 Å². The summed E-state index contributed by atoms with van der Waals surface area (Å²) in [7, 11) is 0. The molecule has 1 aromatic carbocycles. The van der Waals surface area contributed by atoms with Gasteiger partial charge >= 0.3 is 0 Å². The number of halogens is 2. The summed E-state index contributed by atoms with van der Waals surface area (Å²) in [6, 6.07) is 6.61. The largest absolute Gasteiger partial charge is 0.336 e. The van der Waals surface area contributed by atoms with Crippen LogP contribution in [0, 0.1) is 18.6 Å². The summed E-state index contributed by atoms with van der Waals surface area (Å²) in [5.41, 5.74) is 1.51. The van der Waals surface area contributed by atoms with Crippen molar-refractivity contribution in [3.05, 3.63) is 59.7 Å². The minimum atomic E-state index is -0.682. The smallest absolute Gasteiger partial charge is 0.255 e. The van der Waals surface area contributed by atoms with E-state index in [9.17, 15) is 13.6 Å². The van der Waals surface area contributed by atoms with Crippen molar-refractivity contribution in [1.29, 1.82) is 0 Å². The number of likely N-dealkylation sites (N-methyl/N-ethyl adjacent to an activating group) is 1. The number of hydrogen-bond donors (Lipinski definition) is 1. The number of piperazine rings is 1. The predicted octanol–water partition coefficient (Wildman–Crippen LogP) is 4.97. The second kappa shape index (κ2) is 10.6. The molecular formula is C28H32F2N8O. The molecule has 204 valence electrons. The lowest BCUT2D eigenvalue weighted by Crippen LogP contribution is -2.53. The van der Waals surface area contributed by atoms with Gasteiger partial charge in [-0.1, -0.05) is 6.92 Å². The van der Waals surface area contributed by atoms with Crippen molar-refractivity contribution in [1.82, 2.24) is 34.3 Å². The molecule has 4 heterocycles.